The molecule has 2 aliphatic carbocycles. The van der Waals surface area contributed by atoms with Crippen LogP contribution in [0.4, 0.5) is 0 Å². The molecule has 0 aromatic carbocycles. The van der Waals surface area contributed by atoms with Crippen LogP contribution in [0.5, 0.6) is 0 Å². The van der Waals surface area contributed by atoms with Gasteiger partial charge in [-0.15, -0.1) is 11.3 Å². The van der Waals surface area contributed by atoms with E-state index in [0.29, 0.717) is 5.41 Å². The molecule has 1 aromatic rings. The first-order valence-electron chi connectivity index (χ1n) is 8.28. The Balaban J connectivity index is 1.56. The minimum Gasteiger partial charge on any atom is -0.330 e. The second kappa shape index (κ2) is 6.59. The van der Waals surface area contributed by atoms with Crippen molar-refractivity contribution in [3.8, 4) is 0 Å². The smallest absolute Gasteiger partial charge is 0.0330 e. The molecular weight excluding hydrogens is 264 g/mol. The second-order valence-corrected chi connectivity index (χ2v) is 7.83. The SMILES string of the molecule is NCC1(CCN(Cc2cccs2)C2CC2)CCCCC1. The van der Waals surface area contributed by atoms with E-state index >= 15 is 0 Å². The Morgan fingerprint density at radius 3 is 2.65 bits per heavy atom. The quantitative estimate of drug-likeness (QED) is 0.822. The number of thiophene rings is 1. The fourth-order valence-electron chi connectivity index (χ4n) is 3.67. The van der Waals surface area contributed by atoms with Gasteiger partial charge in [0.2, 0.25) is 0 Å². The molecule has 0 aliphatic heterocycles. The van der Waals surface area contributed by atoms with Gasteiger partial charge in [-0.2, -0.15) is 0 Å². The third-order valence-electron chi connectivity index (χ3n) is 5.28. The number of hydrogen-bond acceptors (Lipinski definition) is 3. The van der Waals surface area contributed by atoms with E-state index in [1.807, 2.05) is 11.3 Å². The summed E-state index contributed by atoms with van der Waals surface area (Å²) >= 11 is 1.90. The van der Waals surface area contributed by atoms with Crippen molar-refractivity contribution in [3.63, 3.8) is 0 Å². The van der Waals surface area contributed by atoms with Crippen LogP contribution in [-0.2, 0) is 6.54 Å². The van der Waals surface area contributed by atoms with Crippen molar-refractivity contribution in [2.24, 2.45) is 11.1 Å². The van der Waals surface area contributed by atoms with Gasteiger partial charge in [0.15, 0.2) is 0 Å². The van der Waals surface area contributed by atoms with E-state index in [1.165, 1.54) is 62.8 Å². The Morgan fingerprint density at radius 2 is 2.05 bits per heavy atom. The average molecular weight is 292 g/mol. The molecule has 0 bridgehead atoms. The van der Waals surface area contributed by atoms with Crippen molar-refractivity contribution >= 4 is 11.3 Å². The molecule has 0 spiro atoms. The zero-order chi connectivity index (χ0) is 13.8. The van der Waals surface area contributed by atoms with Gasteiger partial charge in [-0.1, -0.05) is 25.3 Å². The zero-order valence-corrected chi connectivity index (χ0v) is 13.3. The minimum absolute atomic E-state index is 0.459. The van der Waals surface area contributed by atoms with Crippen molar-refractivity contribution in [1.82, 2.24) is 4.90 Å². The molecule has 1 heterocycles. The summed E-state index contributed by atoms with van der Waals surface area (Å²) in [6.45, 7) is 3.30. The fraction of sp³-hybridized carbons (Fsp3) is 0.765. The van der Waals surface area contributed by atoms with Gasteiger partial charge in [-0.25, -0.2) is 0 Å². The van der Waals surface area contributed by atoms with Gasteiger partial charge in [-0.05, 0) is 62.1 Å². The van der Waals surface area contributed by atoms with Gasteiger partial charge in [0, 0.05) is 17.5 Å². The van der Waals surface area contributed by atoms with Gasteiger partial charge in [0.25, 0.3) is 0 Å². The highest BCUT2D eigenvalue weighted by atomic mass is 32.1. The molecule has 112 valence electrons. The van der Waals surface area contributed by atoms with Gasteiger partial charge < -0.3 is 5.73 Å². The average Bonchev–Trinajstić information content (AvgIpc) is 3.22. The molecule has 2 saturated carbocycles. The van der Waals surface area contributed by atoms with Crippen LogP contribution in [0.3, 0.4) is 0 Å². The first-order valence-corrected chi connectivity index (χ1v) is 9.16. The summed E-state index contributed by atoms with van der Waals surface area (Å²) in [5.41, 5.74) is 6.59. The maximum atomic E-state index is 6.14. The molecule has 2 N–H and O–H groups in total. The van der Waals surface area contributed by atoms with Gasteiger partial charge in [0.05, 0.1) is 0 Å². The van der Waals surface area contributed by atoms with Crippen LogP contribution in [0.15, 0.2) is 17.5 Å². The maximum Gasteiger partial charge on any atom is 0.0330 e. The zero-order valence-electron chi connectivity index (χ0n) is 12.5. The van der Waals surface area contributed by atoms with E-state index in [1.54, 1.807) is 0 Å². The molecule has 20 heavy (non-hydrogen) atoms. The summed E-state index contributed by atoms with van der Waals surface area (Å²) in [5, 5.41) is 2.20. The number of nitrogens with zero attached hydrogens (tertiary/aromatic N) is 1. The van der Waals surface area contributed by atoms with E-state index in [-0.39, 0.29) is 0 Å². The molecule has 2 fully saturated rings. The van der Waals surface area contributed by atoms with Gasteiger partial charge in [-0.3, -0.25) is 4.90 Å². The summed E-state index contributed by atoms with van der Waals surface area (Å²) in [6.07, 6.45) is 11.1. The molecule has 2 nitrogen and oxygen atoms in total. The Labute approximate surface area is 127 Å². The minimum atomic E-state index is 0.459. The normalized spacial score (nSPS) is 22.3. The molecule has 1 aromatic heterocycles. The van der Waals surface area contributed by atoms with E-state index in [0.717, 1.165) is 19.1 Å². The highest BCUT2D eigenvalue weighted by molar-refractivity contribution is 7.09. The lowest BCUT2D eigenvalue weighted by atomic mass is 9.72. The Kier molecular flexibility index (Phi) is 4.79. The molecular formula is C17H28N2S. The summed E-state index contributed by atoms with van der Waals surface area (Å²) in [7, 11) is 0. The van der Waals surface area contributed by atoms with Gasteiger partial charge in [0.1, 0.15) is 0 Å². The summed E-state index contributed by atoms with van der Waals surface area (Å²) < 4.78 is 0. The molecule has 0 saturated heterocycles. The molecule has 0 atom stereocenters. The molecule has 0 unspecified atom stereocenters. The number of nitrogens with two attached hydrogens (primary N) is 1. The third-order valence-corrected chi connectivity index (χ3v) is 6.14. The molecule has 0 radical (unpaired) electrons. The van der Waals surface area contributed by atoms with Crippen molar-refractivity contribution < 1.29 is 0 Å². The first kappa shape index (κ1) is 14.6. The van der Waals surface area contributed by atoms with Crippen LogP contribution in [0.2, 0.25) is 0 Å². The lowest BCUT2D eigenvalue weighted by molar-refractivity contribution is 0.140. The van der Waals surface area contributed by atoms with E-state index < -0.39 is 0 Å². The molecule has 0 amide bonds. The third kappa shape index (κ3) is 3.63. The number of rotatable bonds is 7. The number of hydrogen-bond donors (Lipinski definition) is 1. The summed E-state index contributed by atoms with van der Waals surface area (Å²) in [6, 6.07) is 5.31. The van der Waals surface area contributed by atoms with Crippen LogP contribution in [0.1, 0.15) is 56.2 Å². The lowest BCUT2D eigenvalue weighted by Crippen LogP contribution is -2.37. The predicted molar refractivity (Wildman–Crippen MR) is 86.9 cm³/mol. The van der Waals surface area contributed by atoms with Crippen LogP contribution in [0.25, 0.3) is 0 Å². The van der Waals surface area contributed by atoms with E-state index in [2.05, 4.69) is 22.4 Å². The van der Waals surface area contributed by atoms with Gasteiger partial charge >= 0.3 is 0 Å². The van der Waals surface area contributed by atoms with Crippen LogP contribution in [-0.4, -0.2) is 24.0 Å². The second-order valence-electron chi connectivity index (χ2n) is 6.80. The van der Waals surface area contributed by atoms with Crippen molar-refractivity contribution in [2.45, 2.75) is 64.0 Å². The molecule has 3 heteroatoms. The fourth-order valence-corrected chi connectivity index (χ4v) is 4.40. The van der Waals surface area contributed by atoms with Crippen molar-refractivity contribution in [3.05, 3.63) is 22.4 Å². The Bertz CT molecular complexity index is 391. The predicted octanol–water partition coefficient (Wildman–Crippen LogP) is 4.01. The van der Waals surface area contributed by atoms with Crippen LogP contribution >= 0.6 is 11.3 Å². The Hall–Kier alpha value is -0.380. The topological polar surface area (TPSA) is 29.3 Å². The monoisotopic (exact) mass is 292 g/mol. The van der Waals surface area contributed by atoms with E-state index in [4.69, 9.17) is 5.73 Å². The molecule has 3 rings (SSSR count). The maximum absolute atomic E-state index is 6.14. The van der Waals surface area contributed by atoms with Crippen molar-refractivity contribution in [1.29, 1.82) is 0 Å². The first-order chi connectivity index (χ1) is 9.81. The van der Waals surface area contributed by atoms with E-state index in [9.17, 15) is 0 Å². The lowest BCUT2D eigenvalue weighted by Gasteiger charge is -2.38. The molecule has 2 aliphatic rings. The van der Waals surface area contributed by atoms with Crippen LogP contribution < -0.4 is 5.73 Å². The summed E-state index contributed by atoms with van der Waals surface area (Å²) in [4.78, 5) is 4.24. The standard InChI is InChI=1S/C17H28N2S/c18-14-17(8-2-1-3-9-17)10-11-19(15-6-7-15)13-16-5-4-12-20-16/h4-5,12,15H,1-3,6-11,13-14,18H2. The van der Waals surface area contributed by atoms with Crippen LogP contribution in [0, 0.1) is 5.41 Å². The summed E-state index contributed by atoms with van der Waals surface area (Å²) in [5.74, 6) is 0. The highest BCUT2D eigenvalue weighted by Gasteiger charge is 2.34. The largest absolute Gasteiger partial charge is 0.330 e. The van der Waals surface area contributed by atoms with Crippen molar-refractivity contribution in [2.75, 3.05) is 13.1 Å². The highest BCUT2D eigenvalue weighted by Crippen LogP contribution is 2.39. The Morgan fingerprint density at radius 1 is 1.25 bits per heavy atom.